The van der Waals surface area contributed by atoms with E-state index in [1.807, 2.05) is 4.90 Å². The van der Waals surface area contributed by atoms with Crippen molar-refractivity contribution in [2.75, 3.05) is 39.3 Å². The quantitative estimate of drug-likeness (QED) is 0.347. The van der Waals surface area contributed by atoms with Gasteiger partial charge in [0.2, 0.25) is 5.91 Å². The molecule has 0 N–H and O–H groups in total. The molecule has 3 saturated heterocycles. The molecule has 9 heteroatoms. The van der Waals surface area contributed by atoms with Gasteiger partial charge in [-0.3, -0.25) is 9.69 Å². The molecule has 2 aromatic carbocycles. The highest BCUT2D eigenvalue weighted by Crippen LogP contribution is 2.37. The van der Waals surface area contributed by atoms with Crippen LogP contribution in [0.5, 0.6) is 0 Å². The van der Waals surface area contributed by atoms with Crippen LogP contribution in [0.4, 0.5) is 18.0 Å². The molecule has 1 spiro atoms. The van der Waals surface area contributed by atoms with Crippen LogP contribution in [0.25, 0.3) is 0 Å². The van der Waals surface area contributed by atoms with Gasteiger partial charge in [0.1, 0.15) is 5.60 Å². The third kappa shape index (κ3) is 7.41. The summed E-state index contributed by atoms with van der Waals surface area (Å²) in [6.07, 6.45) is 3.80. The Balaban J connectivity index is 0.908. The molecular weight excluding hydrogens is 567 g/mol. The highest BCUT2D eigenvalue weighted by Gasteiger charge is 2.47. The fourth-order valence-electron chi connectivity index (χ4n) is 7.74. The standard InChI is InChI=1S/C35H44F3N3O3/c36-35(37,38)31-12-8-28(9-13-31)23-39-20-16-34(17-21-39)25-41(33(43)44-34)24-29-6-10-30(11-7-29)32(42)40-18-14-27(15-19-40)22-26-4-2-1-3-5-26/h1-5,8-9,12-13,27,29-30H,6-7,10-11,14-25H2/t29-,30-. The molecule has 3 heterocycles. The van der Waals surface area contributed by atoms with Gasteiger partial charge in [0, 0.05) is 58.0 Å². The van der Waals surface area contributed by atoms with E-state index in [1.165, 1.54) is 5.56 Å². The molecule has 1 aliphatic carbocycles. The molecule has 0 atom stereocenters. The van der Waals surface area contributed by atoms with Crippen molar-refractivity contribution in [2.45, 2.75) is 76.1 Å². The predicted molar refractivity (Wildman–Crippen MR) is 162 cm³/mol. The minimum atomic E-state index is -4.33. The van der Waals surface area contributed by atoms with E-state index < -0.39 is 17.3 Å². The Bertz CT molecular complexity index is 1260. The van der Waals surface area contributed by atoms with Crippen LogP contribution in [0.15, 0.2) is 54.6 Å². The predicted octanol–water partition coefficient (Wildman–Crippen LogP) is 6.78. The van der Waals surface area contributed by atoms with Gasteiger partial charge < -0.3 is 14.5 Å². The summed E-state index contributed by atoms with van der Waals surface area (Å²) in [7, 11) is 0. The van der Waals surface area contributed by atoms with Gasteiger partial charge >= 0.3 is 12.3 Å². The lowest BCUT2D eigenvalue weighted by atomic mass is 9.80. The van der Waals surface area contributed by atoms with Crippen molar-refractivity contribution in [2.24, 2.45) is 17.8 Å². The lowest BCUT2D eigenvalue weighted by Crippen LogP contribution is -2.47. The van der Waals surface area contributed by atoms with Crippen LogP contribution < -0.4 is 0 Å². The average Bonchev–Trinajstić information content (AvgIpc) is 3.33. The van der Waals surface area contributed by atoms with Crippen LogP contribution in [0.2, 0.25) is 0 Å². The van der Waals surface area contributed by atoms with Gasteiger partial charge in [-0.25, -0.2) is 4.79 Å². The minimum Gasteiger partial charge on any atom is -0.441 e. The fraction of sp³-hybridized carbons (Fsp3) is 0.600. The molecule has 238 valence electrons. The van der Waals surface area contributed by atoms with E-state index in [1.54, 1.807) is 12.1 Å². The second kappa shape index (κ2) is 13.1. The van der Waals surface area contributed by atoms with Crippen molar-refractivity contribution >= 4 is 12.0 Å². The number of hydrogen-bond acceptors (Lipinski definition) is 4. The van der Waals surface area contributed by atoms with Crippen molar-refractivity contribution in [1.29, 1.82) is 0 Å². The molecule has 4 fully saturated rings. The molecule has 3 aliphatic heterocycles. The molecular formula is C35H44F3N3O3. The number of likely N-dealkylation sites (tertiary alicyclic amines) is 2. The van der Waals surface area contributed by atoms with Crippen molar-refractivity contribution in [1.82, 2.24) is 14.7 Å². The van der Waals surface area contributed by atoms with Crippen LogP contribution in [-0.2, 0) is 28.7 Å². The lowest BCUT2D eigenvalue weighted by molar-refractivity contribution is -0.138. The monoisotopic (exact) mass is 611 g/mol. The Hall–Kier alpha value is -3.07. The number of amides is 2. The first-order valence-electron chi connectivity index (χ1n) is 16.3. The van der Waals surface area contributed by atoms with Crippen LogP contribution in [0.1, 0.15) is 68.1 Å². The molecule has 44 heavy (non-hydrogen) atoms. The summed E-state index contributed by atoms with van der Waals surface area (Å²) in [5.41, 5.74) is 1.12. The largest absolute Gasteiger partial charge is 0.441 e. The molecule has 0 radical (unpaired) electrons. The molecule has 6 rings (SSSR count). The van der Waals surface area contributed by atoms with Gasteiger partial charge in [0.05, 0.1) is 12.1 Å². The lowest BCUT2D eigenvalue weighted by Gasteiger charge is -2.38. The smallest absolute Gasteiger partial charge is 0.416 e. The number of hydrogen-bond donors (Lipinski definition) is 0. The average molecular weight is 612 g/mol. The van der Waals surface area contributed by atoms with Crippen LogP contribution >= 0.6 is 0 Å². The van der Waals surface area contributed by atoms with Gasteiger partial charge in [-0.15, -0.1) is 0 Å². The van der Waals surface area contributed by atoms with Gasteiger partial charge in [0.15, 0.2) is 0 Å². The van der Waals surface area contributed by atoms with E-state index in [2.05, 4.69) is 40.1 Å². The van der Waals surface area contributed by atoms with E-state index in [-0.39, 0.29) is 12.0 Å². The van der Waals surface area contributed by atoms with Crippen molar-refractivity contribution in [3.8, 4) is 0 Å². The first kappa shape index (κ1) is 30.9. The van der Waals surface area contributed by atoms with Crippen LogP contribution in [-0.4, -0.2) is 71.6 Å². The summed E-state index contributed by atoms with van der Waals surface area (Å²) in [5, 5.41) is 0. The molecule has 0 bridgehead atoms. The van der Waals surface area contributed by atoms with Crippen LogP contribution in [0, 0.1) is 17.8 Å². The van der Waals surface area contributed by atoms with Gasteiger partial charge in [-0.1, -0.05) is 42.5 Å². The maximum absolute atomic E-state index is 13.3. The summed E-state index contributed by atoms with van der Waals surface area (Å²) in [5.74, 6) is 1.46. The third-order valence-electron chi connectivity index (χ3n) is 10.5. The van der Waals surface area contributed by atoms with E-state index >= 15 is 0 Å². The number of ether oxygens (including phenoxy) is 1. The normalized spacial score (nSPS) is 24.9. The first-order chi connectivity index (χ1) is 21.2. The van der Waals surface area contributed by atoms with Gasteiger partial charge in [-0.05, 0) is 80.0 Å². The van der Waals surface area contributed by atoms with Crippen molar-refractivity contribution in [3.05, 3.63) is 71.3 Å². The van der Waals surface area contributed by atoms with E-state index in [0.29, 0.717) is 37.4 Å². The zero-order chi connectivity index (χ0) is 30.7. The number of carbonyl (C=O) groups is 2. The van der Waals surface area contributed by atoms with E-state index in [4.69, 9.17) is 4.74 Å². The molecule has 2 amide bonds. The Morgan fingerprint density at radius 1 is 0.818 bits per heavy atom. The number of nitrogens with zero attached hydrogens (tertiary/aromatic N) is 3. The summed E-state index contributed by atoms with van der Waals surface area (Å²) in [6, 6.07) is 16.0. The summed E-state index contributed by atoms with van der Waals surface area (Å²) >= 11 is 0. The third-order valence-corrected chi connectivity index (χ3v) is 10.5. The molecule has 0 aromatic heterocycles. The topological polar surface area (TPSA) is 53.1 Å². The zero-order valence-corrected chi connectivity index (χ0v) is 25.4. The number of rotatable bonds is 7. The van der Waals surface area contributed by atoms with Crippen LogP contribution in [0.3, 0.4) is 0 Å². The molecule has 0 unspecified atom stereocenters. The molecule has 2 aromatic rings. The van der Waals surface area contributed by atoms with E-state index in [9.17, 15) is 22.8 Å². The minimum absolute atomic E-state index is 0.0998. The Morgan fingerprint density at radius 3 is 2.11 bits per heavy atom. The summed E-state index contributed by atoms with van der Waals surface area (Å²) in [6.45, 7) is 5.05. The number of benzene rings is 2. The molecule has 4 aliphatic rings. The van der Waals surface area contributed by atoms with Gasteiger partial charge in [0.25, 0.3) is 0 Å². The number of piperidine rings is 2. The number of carbonyl (C=O) groups excluding carboxylic acids is 2. The second-order valence-electron chi connectivity index (χ2n) is 13.6. The summed E-state index contributed by atoms with van der Waals surface area (Å²) < 4.78 is 44.6. The fourth-order valence-corrected chi connectivity index (χ4v) is 7.74. The molecule has 1 saturated carbocycles. The van der Waals surface area contributed by atoms with Crippen molar-refractivity contribution in [3.63, 3.8) is 0 Å². The highest BCUT2D eigenvalue weighted by molar-refractivity contribution is 5.79. The van der Waals surface area contributed by atoms with Crippen molar-refractivity contribution < 1.29 is 27.5 Å². The Kier molecular flexibility index (Phi) is 9.22. The Morgan fingerprint density at radius 2 is 1.48 bits per heavy atom. The van der Waals surface area contributed by atoms with Gasteiger partial charge in [-0.2, -0.15) is 13.2 Å². The second-order valence-corrected chi connectivity index (χ2v) is 13.6. The number of halogens is 3. The van der Waals surface area contributed by atoms with E-state index in [0.717, 1.165) is 102 Å². The Labute approximate surface area is 258 Å². The molecule has 6 nitrogen and oxygen atoms in total. The maximum atomic E-state index is 13.3. The summed E-state index contributed by atoms with van der Waals surface area (Å²) in [4.78, 5) is 32.4. The highest BCUT2D eigenvalue weighted by atomic mass is 19.4. The maximum Gasteiger partial charge on any atom is 0.416 e. The zero-order valence-electron chi connectivity index (χ0n) is 25.4. The SMILES string of the molecule is O=C1OC2(CCN(Cc3ccc(C(F)(F)F)cc3)CC2)CN1C[C@H]1CC[C@H](C(=O)N2CCC(Cc3ccccc3)CC2)CC1. The first-order valence-corrected chi connectivity index (χ1v) is 16.3. The number of alkyl halides is 3.